The normalized spacial score (nSPS) is 16.2. The van der Waals surface area contributed by atoms with Gasteiger partial charge in [-0.3, -0.25) is 0 Å². The van der Waals surface area contributed by atoms with Crippen LogP contribution in [0, 0.1) is 6.92 Å². The Kier molecular flexibility index (Phi) is 3.40. The molecule has 19 heavy (non-hydrogen) atoms. The minimum atomic E-state index is 0.622. The van der Waals surface area contributed by atoms with Crippen molar-refractivity contribution in [3.63, 3.8) is 0 Å². The van der Waals surface area contributed by atoms with Crippen LogP contribution in [0.15, 0.2) is 18.2 Å². The average molecular weight is 260 g/mol. The molecule has 0 unspecified atom stereocenters. The highest BCUT2D eigenvalue weighted by Gasteiger charge is 2.18. The summed E-state index contributed by atoms with van der Waals surface area (Å²) in [6.45, 7) is 6.84. The summed E-state index contributed by atoms with van der Waals surface area (Å²) in [7, 11) is 0. The Labute approximate surface area is 113 Å². The second-order valence-electron chi connectivity index (χ2n) is 4.94. The highest BCUT2D eigenvalue weighted by Crippen LogP contribution is 2.24. The van der Waals surface area contributed by atoms with Crippen molar-refractivity contribution in [2.45, 2.75) is 13.5 Å². The molecule has 0 amide bonds. The van der Waals surface area contributed by atoms with Crippen molar-refractivity contribution in [1.82, 2.24) is 9.55 Å². The van der Waals surface area contributed by atoms with Gasteiger partial charge in [-0.1, -0.05) is 6.07 Å². The molecule has 1 fully saturated rings. The predicted octanol–water partition coefficient (Wildman–Crippen LogP) is 1.14. The van der Waals surface area contributed by atoms with E-state index in [1.807, 2.05) is 0 Å². The molecule has 0 spiro atoms. The molecule has 1 aromatic carbocycles. The van der Waals surface area contributed by atoms with Crippen LogP contribution < -0.4 is 10.6 Å². The first kappa shape index (κ1) is 12.4. The van der Waals surface area contributed by atoms with Crippen LogP contribution >= 0.6 is 0 Å². The number of hydrogen-bond acceptors (Lipinski definition) is 4. The standard InChI is InChI=1S/C14H20N4O/c1-11-2-3-13-12(10-11)16-14(18(13)5-4-15)17-6-8-19-9-7-17/h2-3,10H,4-9,15H2,1H3. The Bertz CT molecular complexity index is 572. The van der Waals surface area contributed by atoms with Gasteiger partial charge in [0, 0.05) is 26.2 Å². The fourth-order valence-corrected chi connectivity index (χ4v) is 2.58. The molecule has 1 saturated heterocycles. The molecule has 1 aromatic heterocycles. The van der Waals surface area contributed by atoms with Crippen LogP contribution in [0.5, 0.6) is 0 Å². The number of hydrogen-bond donors (Lipinski definition) is 1. The Balaban J connectivity index is 2.08. The number of nitrogens with zero attached hydrogens (tertiary/aromatic N) is 3. The minimum Gasteiger partial charge on any atom is -0.378 e. The molecular formula is C14H20N4O. The number of benzene rings is 1. The number of anilines is 1. The first-order valence-corrected chi connectivity index (χ1v) is 6.79. The summed E-state index contributed by atoms with van der Waals surface area (Å²) in [5.74, 6) is 1.02. The molecule has 2 aromatic rings. The topological polar surface area (TPSA) is 56.3 Å². The summed E-state index contributed by atoms with van der Waals surface area (Å²) in [6.07, 6.45) is 0. The zero-order valence-electron chi connectivity index (χ0n) is 11.3. The van der Waals surface area contributed by atoms with Gasteiger partial charge in [0.2, 0.25) is 5.95 Å². The van der Waals surface area contributed by atoms with E-state index in [1.165, 1.54) is 5.56 Å². The summed E-state index contributed by atoms with van der Waals surface area (Å²) in [6, 6.07) is 6.39. The number of aryl methyl sites for hydroxylation is 1. The lowest BCUT2D eigenvalue weighted by molar-refractivity contribution is 0.121. The molecule has 5 nitrogen and oxygen atoms in total. The molecule has 2 heterocycles. The number of aromatic nitrogens is 2. The number of morpholine rings is 1. The SMILES string of the molecule is Cc1ccc2c(c1)nc(N1CCOCC1)n2CCN. The van der Waals surface area contributed by atoms with Gasteiger partial charge in [0.15, 0.2) is 0 Å². The fraction of sp³-hybridized carbons (Fsp3) is 0.500. The Hall–Kier alpha value is -1.59. The van der Waals surface area contributed by atoms with Gasteiger partial charge in [0.1, 0.15) is 0 Å². The Morgan fingerprint density at radius 1 is 1.32 bits per heavy atom. The van der Waals surface area contributed by atoms with Gasteiger partial charge in [-0.05, 0) is 24.6 Å². The van der Waals surface area contributed by atoms with Gasteiger partial charge in [-0.2, -0.15) is 0 Å². The summed E-state index contributed by atoms with van der Waals surface area (Å²) >= 11 is 0. The van der Waals surface area contributed by atoms with Gasteiger partial charge in [0.25, 0.3) is 0 Å². The molecule has 0 saturated carbocycles. The first-order chi connectivity index (χ1) is 9.29. The molecule has 1 aliphatic heterocycles. The van der Waals surface area contributed by atoms with Gasteiger partial charge < -0.3 is 19.9 Å². The number of ether oxygens (including phenoxy) is 1. The third-order valence-electron chi connectivity index (χ3n) is 3.53. The Morgan fingerprint density at radius 3 is 2.84 bits per heavy atom. The molecule has 1 aliphatic rings. The molecule has 0 bridgehead atoms. The average Bonchev–Trinajstić information content (AvgIpc) is 2.78. The van der Waals surface area contributed by atoms with Gasteiger partial charge in [-0.15, -0.1) is 0 Å². The lowest BCUT2D eigenvalue weighted by Crippen LogP contribution is -2.38. The van der Waals surface area contributed by atoms with Gasteiger partial charge >= 0.3 is 0 Å². The summed E-state index contributed by atoms with van der Waals surface area (Å²) in [5.41, 5.74) is 9.20. The predicted molar refractivity (Wildman–Crippen MR) is 76.6 cm³/mol. The van der Waals surface area contributed by atoms with E-state index in [2.05, 4.69) is 34.6 Å². The molecule has 0 aliphatic carbocycles. The van der Waals surface area contributed by atoms with Crippen LogP contribution in [-0.2, 0) is 11.3 Å². The van der Waals surface area contributed by atoms with Crippen molar-refractivity contribution < 1.29 is 4.74 Å². The highest BCUT2D eigenvalue weighted by molar-refractivity contribution is 5.79. The largest absolute Gasteiger partial charge is 0.378 e. The van der Waals surface area contributed by atoms with Crippen LogP contribution in [0.3, 0.4) is 0 Å². The highest BCUT2D eigenvalue weighted by atomic mass is 16.5. The second-order valence-corrected chi connectivity index (χ2v) is 4.94. The van der Waals surface area contributed by atoms with Crippen molar-refractivity contribution in [1.29, 1.82) is 0 Å². The molecule has 0 radical (unpaired) electrons. The van der Waals surface area contributed by atoms with Crippen LogP contribution in [0.25, 0.3) is 11.0 Å². The lowest BCUT2D eigenvalue weighted by atomic mass is 10.2. The second kappa shape index (κ2) is 5.19. The third-order valence-corrected chi connectivity index (χ3v) is 3.53. The summed E-state index contributed by atoms with van der Waals surface area (Å²) in [5, 5.41) is 0. The minimum absolute atomic E-state index is 0.622. The summed E-state index contributed by atoms with van der Waals surface area (Å²) < 4.78 is 7.63. The lowest BCUT2D eigenvalue weighted by Gasteiger charge is -2.28. The maximum atomic E-state index is 5.75. The van der Waals surface area contributed by atoms with E-state index in [-0.39, 0.29) is 0 Å². The van der Waals surface area contributed by atoms with E-state index >= 15 is 0 Å². The van der Waals surface area contributed by atoms with Gasteiger partial charge in [-0.25, -0.2) is 4.98 Å². The quantitative estimate of drug-likeness (QED) is 0.899. The van der Waals surface area contributed by atoms with Crippen LogP contribution in [0.4, 0.5) is 5.95 Å². The number of imidazole rings is 1. The number of rotatable bonds is 3. The van der Waals surface area contributed by atoms with Crippen molar-refractivity contribution >= 4 is 17.0 Å². The van der Waals surface area contributed by atoms with E-state index in [4.69, 9.17) is 15.5 Å². The number of nitrogens with two attached hydrogens (primary N) is 1. The maximum absolute atomic E-state index is 5.75. The van der Waals surface area contributed by atoms with Crippen molar-refractivity contribution in [3.05, 3.63) is 23.8 Å². The molecule has 5 heteroatoms. The summed E-state index contributed by atoms with van der Waals surface area (Å²) in [4.78, 5) is 7.08. The molecule has 102 valence electrons. The molecule has 3 rings (SSSR count). The molecule has 0 atom stereocenters. The van der Waals surface area contributed by atoms with Crippen LogP contribution in [0.2, 0.25) is 0 Å². The Morgan fingerprint density at radius 2 is 2.11 bits per heavy atom. The van der Waals surface area contributed by atoms with E-state index < -0.39 is 0 Å². The van der Waals surface area contributed by atoms with Gasteiger partial charge in [0.05, 0.1) is 24.2 Å². The van der Waals surface area contributed by atoms with E-state index in [0.717, 1.165) is 49.8 Å². The zero-order chi connectivity index (χ0) is 13.2. The van der Waals surface area contributed by atoms with Crippen molar-refractivity contribution in [3.8, 4) is 0 Å². The fourth-order valence-electron chi connectivity index (χ4n) is 2.58. The van der Waals surface area contributed by atoms with Crippen molar-refractivity contribution in [2.75, 3.05) is 37.7 Å². The maximum Gasteiger partial charge on any atom is 0.206 e. The van der Waals surface area contributed by atoms with E-state index in [9.17, 15) is 0 Å². The number of fused-ring (bicyclic) bond motifs is 1. The molecule has 2 N–H and O–H groups in total. The van der Waals surface area contributed by atoms with E-state index in [1.54, 1.807) is 0 Å². The van der Waals surface area contributed by atoms with Crippen molar-refractivity contribution in [2.24, 2.45) is 5.73 Å². The van der Waals surface area contributed by atoms with Crippen LogP contribution in [-0.4, -0.2) is 42.4 Å². The monoisotopic (exact) mass is 260 g/mol. The third kappa shape index (κ3) is 2.31. The zero-order valence-corrected chi connectivity index (χ0v) is 11.3. The first-order valence-electron chi connectivity index (χ1n) is 6.79. The van der Waals surface area contributed by atoms with Crippen LogP contribution in [0.1, 0.15) is 5.56 Å². The molecular weight excluding hydrogens is 240 g/mol. The van der Waals surface area contributed by atoms with E-state index in [0.29, 0.717) is 6.54 Å². The smallest absolute Gasteiger partial charge is 0.206 e.